The zero-order chi connectivity index (χ0) is 33.7. The van der Waals surface area contributed by atoms with Crippen molar-refractivity contribution in [1.82, 2.24) is 19.5 Å². The van der Waals surface area contributed by atoms with Gasteiger partial charge in [0.05, 0.1) is 22.4 Å². The van der Waals surface area contributed by atoms with Gasteiger partial charge in [-0.2, -0.15) is 9.97 Å². The van der Waals surface area contributed by atoms with Crippen molar-refractivity contribution in [2.75, 3.05) is 4.90 Å². The molecule has 7 aromatic carbocycles. The van der Waals surface area contributed by atoms with Crippen LogP contribution < -0.4 is 9.64 Å². The first-order chi connectivity index (χ1) is 25.3. The van der Waals surface area contributed by atoms with Crippen LogP contribution in [0.15, 0.2) is 176 Å². The number of aromatic nitrogens is 4. The maximum atomic E-state index is 6.62. The summed E-state index contributed by atoms with van der Waals surface area (Å²) in [4.78, 5) is 17.1. The second-order valence-electron chi connectivity index (χ2n) is 12.5. The Morgan fingerprint density at radius 1 is 0.392 bits per heavy atom. The summed E-state index contributed by atoms with van der Waals surface area (Å²) in [7, 11) is 0. The monoisotopic (exact) mass is 655 g/mol. The minimum atomic E-state index is 0.516. The number of ether oxygens (including phenoxy) is 1. The van der Waals surface area contributed by atoms with Gasteiger partial charge in [0.1, 0.15) is 0 Å². The number of benzene rings is 7. The molecule has 0 atom stereocenters. The molecule has 0 bridgehead atoms. The van der Waals surface area contributed by atoms with Crippen molar-refractivity contribution < 1.29 is 4.74 Å². The van der Waals surface area contributed by atoms with Gasteiger partial charge in [-0.1, -0.05) is 121 Å². The van der Waals surface area contributed by atoms with Gasteiger partial charge in [0.2, 0.25) is 5.95 Å². The molecule has 51 heavy (non-hydrogen) atoms. The summed E-state index contributed by atoms with van der Waals surface area (Å²) >= 11 is 0. The van der Waals surface area contributed by atoms with Crippen molar-refractivity contribution in [3.05, 3.63) is 176 Å². The van der Waals surface area contributed by atoms with Crippen molar-refractivity contribution in [2.45, 2.75) is 0 Å². The molecule has 0 unspecified atom stereocenters. The quantitative estimate of drug-likeness (QED) is 0.185. The van der Waals surface area contributed by atoms with Gasteiger partial charge in [0.25, 0.3) is 0 Å². The molecule has 0 fully saturated rings. The number of hydrogen-bond acceptors (Lipinski definition) is 5. The summed E-state index contributed by atoms with van der Waals surface area (Å²) in [6.07, 6.45) is 0. The molecule has 10 rings (SSSR count). The first-order valence-corrected chi connectivity index (χ1v) is 17.0. The van der Waals surface area contributed by atoms with E-state index in [0.717, 1.165) is 50.8 Å². The molecule has 0 amide bonds. The molecule has 0 radical (unpaired) electrons. The van der Waals surface area contributed by atoms with Crippen LogP contribution in [0.5, 0.6) is 11.5 Å². The second kappa shape index (κ2) is 11.8. The van der Waals surface area contributed by atoms with Crippen LogP contribution in [0.25, 0.3) is 61.4 Å². The van der Waals surface area contributed by atoms with Crippen molar-refractivity contribution >= 4 is 39.1 Å². The maximum absolute atomic E-state index is 6.62. The highest BCUT2D eigenvalue weighted by atomic mass is 16.5. The number of nitrogens with zero attached hydrogens (tertiary/aromatic N) is 5. The summed E-state index contributed by atoms with van der Waals surface area (Å²) in [5, 5.41) is 2.41. The molecule has 240 valence electrons. The number of hydrogen-bond donors (Lipinski definition) is 0. The zero-order valence-corrected chi connectivity index (χ0v) is 27.4. The van der Waals surface area contributed by atoms with Gasteiger partial charge in [-0.15, -0.1) is 0 Å². The van der Waals surface area contributed by atoms with Crippen LogP contribution in [0.3, 0.4) is 0 Å². The molecular weight excluding hydrogens is 627 g/mol. The molecule has 1 aliphatic heterocycles. The fourth-order valence-corrected chi connectivity index (χ4v) is 7.06. The van der Waals surface area contributed by atoms with Crippen LogP contribution in [0, 0.1) is 0 Å². The lowest BCUT2D eigenvalue weighted by Crippen LogP contribution is -2.19. The topological polar surface area (TPSA) is 56.1 Å². The molecule has 3 heterocycles. The van der Waals surface area contributed by atoms with Gasteiger partial charge in [-0.05, 0) is 65.7 Å². The van der Waals surface area contributed by atoms with Crippen molar-refractivity contribution in [3.8, 4) is 51.1 Å². The summed E-state index contributed by atoms with van der Waals surface area (Å²) in [5.74, 6) is 3.17. The minimum Gasteiger partial charge on any atom is -0.453 e. The molecule has 9 aromatic rings. The van der Waals surface area contributed by atoms with E-state index < -0.39 is 0 Å². The van der Waals surface area contributed by atoms with E-state index >= 15 is 0 Å². The van der Waals surface area contributed by atoms with Gasteiger partial charge < -0.3 is 9.30 Å². The number of para-hydroxylation sites is 4. The lowest BCUT2D eigenvalue weighted by Gasteiger charge is -2.31. The van der Waals surface area contributed by atoms with Crippen LogP contribution >= 0.6 is 0 Å². The minimum absolute atomic E-state index is 0.516. The van der Waals surface area contributed by atoms with E-state index in [0.29, 0.717) is 17.6 Å². The average Bonchev–Trinajstić information content (AvgIpc) is 3.54. The van der Waals surface area contributed by atoms with E-state index in [-0.39, 0.29) is 0 Å². The Kier molecular flexibility index (Phi) is 6.70. The molecule has 6 nitrogen and oxygen atoms in total. The lowest BCUT2D eigenvalue weighted by molar-refractivity contribution is 0.476. The Morgan fingerprint density at radius 2 is 0.961 bits per heavy atom. The number of rotatable bonds is 5. The molecule has 0 spiro atoms. The van der Waals surface area contributed by atoms with Crippen molar-refractivity contribution in [1.29, 1.82) is 0 Å². The fraction of sp³-hybridized carbons (Fsp3) is 0. The average molecular weight is 656 g/mol. The first-order valence-electron chi connectivity index (χ1n) is 17.0. The van der Waals surface area contributed by atoms with Gasteiger partial charge >= 0.3 is 0 Å². The molecule has 0 saturated carbocycles. The van der Waals surface area contributed by atoms with Crippen LogP contribution in [-0.4, -0.2) is 19.5 Å². The number of anilines is 3. The summed E-state index contributed by atoms with van der Waals surface area (Å²) in [6.45, 7) is 0. The molecule has 0 saturated heterocycles. The highest BCUT2D eigenvalue weighted by Gasteiger charge is 2.29. The van der Waals surface area contributed by atoms with Gasteiger partial charge in [0, 0.05) is 27.6 Å². The third kappa shape index (κ3) is 4.92. The summed E-state index contributed by atoms with van der Waals surface area (Å²) < 4.78 is 8.96. The Balaban J connectivity index is 1.13. The van der Waals surface area contributed by atoms with Crippen LogP contribution in [0.2, 0.25) is 0 Å². The van der Waals surface area contributed by atoms with E-state index in [9.17, 15) is 0 Å². The Morgan fingerprint density at radius 3 is 1.71 bits per heavy atom. The third-order valence-corrected chi connectivity index (χ3v) is 9.43. The number of fused-ring (bicyclic) bond motifs is 5. The predicted octanol–water partition coefficient (Wildman–Crippen LogP) is 11.5. The van der Waals surface area contributed by atoms with E-state index in [1.54, 1.807) is 0 Å². The molecule has 2 aromatic heterocycles. The lowest BCUT2D eigenvalue weighted by atomic mass is 10.0. The Labute approximate surface area is 294 Å². The van der Waals surface area contributed by atoms with Gasteiger partial charge in [0.15, 0.2) is 23.1 Å². The molecule has 1 aliphatic rings. The normalized spacial score (nSPS) is 12.0. The Hall–Kier alpha value is -7.05. The van der Waals surface area contributed by atoms with E-state index in [4.69, 9.17) is 19.7 Å². The smallest absolute Gasteiger partial charge is 0.239 e. The van der Waals surface area contributed by atoms with Gasteiger partial charge in [-0.25, -0.2) is 4.98 Å². The predicted molar refractivity (Wildman–Crippen MR) is 205 cm³/mol. The second-order valence-corrected chi connectivity index (χ2v) is 12.5. The maximum Gasteiger partial charge on any atom is 0.239 e. The van der Waals surface area contributed by atoms with E-state index in [1.165, 1.54) is 21.8 Å². The largest absolute Gasteiger partial charge is 0.453 e. The van der Waals surface area contributed by atoms with E-state index in [1.807, 2.05) is 84.9 Å². The van der Waals surface area contributed by atoms with Gasteiger partial charge in [-0.3, -0.25) is 4.90 Å². The highest BCUT2D eigenvalue weighted by molar-refractivity contribution is 6.10. The third-order valence-electron chi connectivity index (χ3n) is 9.43. The molecule has 0 N–H and O–H groups in total. The molecular formula is C45H29N5O. The molecule has 6 heteroatoms. The summed E-state index contributed by atoms with van der Waals surface area (Å²) in [6, 6.07) is 60.3. The molecule has 0 aliphatic carbocycles. The van der Waals surface area contributed by atoms with Crippen LogP contribution in [0.4, 0.5) is 17.3 Å². The SMILES string of the molecule is c1ccc(-c2nc(-c3ccccc3)nc(N3c4ccccc4Oc4cc(-c5ccc6c(c5)c5ccccc5n6-c5ccccc5)ccc43)n2)cc1. The first kappa shape index (κ1) is 28.9. The van der Waals surface area contributed by atoms with Crippen LogP contribution in [-0.2, 0) is 0 Å². The van der Waals surface area contributed by atoms with E-state index in [2.05, 4.69) is 100 Å². The fourth-order valence-electron chi connectivity index (χ4n) is 7.06. The van der Waals surface area contributed by atoms with Crippen molar-refractivity contribution in [3.63, 3.8) is 0 Å². The van der Waals surface area contributed by atoms with Crippen LogP contribution in [0.1, 0.15) is 0 Å². The zero-order valence-electron chi connectivity index (χ0n) is 27.4. The van der Waals surface area contributed by atoms with Crippen molar-refractivity contribution in [2.24, 2.45) is 0 Å². The highest BCUT2D eigenvalue weighted by Crippen LogP contribution is 2.51. The Bertz CT molecular complexity index is 2670. The standard InChI is InChI=1S/C45H29N5O/c1-4-14-30(15-5-1)43-46-44(31-16-6-2-7-17-31)48-45(47-43)50-39-22-12-13-23-41(39)51-42-29-33(25-27-40(42)50)32-24-26-38-36(28-32)35-20-10-11-21-37(35)49(38)34-18-8-3-9-19-34/h1-29H. The summed E-state index contributed by atoms with van der Waals surface area (Å²) in [5.41, 5.74) is 9.18.